The van der Waals surface area contributed by atoms with Crippen molar-refractivity contribution in [3.8, 4) is 0 Å². The van der Waals surface area contributed by atoms with Gasteiger partial charge < -0.3 is 5.32 Å². The Bertz CT molecular complexity index is 454. The van der Waals surface area contributed by atoms with E-state index in [1.54, 1.807) is 0 Å². The summed E-state index contributed by atoms with van der Waals surface area (Å²) in [5, 5.41) is 3.78. The molecule has 0 saturated carbocycles. The molecule has 1 aromatic carbocycles. The van der Waals surface area contributed by atoms with Gasteiger partial charge in [-0.15, -0.1) is 0 Å². The van der Waals surface area contributed by atoms with E-state index in [-0.39, 0.29) is 0 Å². The average Bonchev–Trinajstić information content (AvgIpc) is 2.56. The SMILES string of the molecule is CCC1CNC(Cc2ccccc2)CN1C1CC=CCC1. The second kappa shape index (κ2) is 7.24. The molecule has 2 aliphatic rings. The Kier molecular flexibility index (Phi) is 5.10. The molecule has 0 aromatic heterocycles. The van der Waals surface area contributed by atoms with Crippen LogP contribution in [0.25, 0.3) is 0 Å². The largest absolute Gasteiger partial charge is 0.311 e. The van der Waals surface area contributed by atoms with Crippen LogP contribution in [0.1, 0.15) is 38.2 Å². The molecular weight excluding hydrogens is 256 g/mol. The van der Waals surface area contributed by atoms with Crippen LogP contribution in [-0.2, 0) is 6.42 Å². The molecular formula is C19H28N2. The molecule has 3 atom stereocenters. The van der Waals surface area contributed by atoms with Crippen molar-refractivity contribution in [3.05, 3.63) is 48.0 Å². The molecule has 1 aromatic rings. The van der Waals surface area contributed by atoms with E-state index in [1.807, 2.05) is 0 Å². The third-order valence-electron chi connectivity index (χ3n) is 5.05. The number of nitrogens with zero attached hydrogens (tertiary/aromatic N) is 1. The number of rotatable bonds is 4. The Morgan fingerprint density at radius 3 is 2.76 bits per heavy atom. The highest BCUT2D eigenvalue weighted by atomic mass is 15.3. The van der Waals surface area contributed by atoms with Crippen molar-refractivity contribution >= 4 is 0 Å². The van der Waals surface area contributed by atoms with Crippen molar-refractivity contribution in [2.24, 2.45) is 0 Å². The van der Waals surface area contributed by atoms with Gasteiger partial charge in [0.2, 0.25) is 0 Å². The summed E-state index contributed by atoms with van der Waals surface area (Å²) in [5.41, 5.74) is 1.45. The number of benzene rings is 1. The van der Waals surface area contributed by atoms with E-state index >= 15 is 0 Å². The van der Waals surface area contributed by atoms with E-state index < -0.39 is 0 Å². The first-order valence-corrected chi connectivity index (χ1v) is 8.55. The molecule has 3 rings (SSSR count). The van der Waals surface area contributed by atoms with Gasteiger partial charge in [-0.1, -0.05) is 49.4 Å². The average molecular weight is 284 g/mol. The molecule has 0 amide bonds. The molecule has 2 nitrogen and oxygen atoms in total. The second-order valence-corrected chi connectivity index (χ2v) is 6.49. The lowest BCUT2D eigenvalue weighted by molar-refractivity contribution is 0.0736. The molecule has 0 spiro atoms. The van der Waals surface area contributed by atoms with Gasteiger partial charge in [0.25, 0.3) is 0 Å². The highest BCUT2D eigenvalue weighted by Gasteiger charge is 2.31. The van der Waals surface area contributed by atoms with Gasteiger partial charge in [-0.05, 0) is 37.7 Å². The van der Waals surface area contributed by atoms with Gasteiger partial charge in [0.1, 0.15) is 0 Å². The van der Waals surface area contributed by atoms with Crippen molar-refractivity contribution in [1.29, 1.82) is 0 Å². The maximum atomic E-state index is 3.78. The van der Waals surface area contributed by atoms with E-state index in [1.165, 1.54) is 37.8 Å². The Balaban J connectivity index is 1.64. The molecule has 114 valence electrons. The van der Waals surface area contributed by atoms with Crippen molar-refractivity contribution < 1.29 is 0 Å². The maximum Gasteiger partial charge on any atom is 0.0236 e. The van der Waals surface area contributed by atoms with Crippen LogP contribution in [0.5, 0.6) is 0 Å². The minimum Gasteiger partial charge on any atom is -0.311 e. The molecule has 1 N–H and O–H groups in total. The summed E-state index contributed by atoms with van der Waals surface area (Å²) in [6.07, 6.45) is 11.0. The summed E-state index contributed by atoms with van der Waals surface area (Å²) in [4.78, 5) is 2.80. The summed E-state index contributed by atoms with van der Waals surface area (Å²) in [6.45, 7) is 4.68. The lowest BCUT2D eigenvalue weighted by atomic mass is 9.94. The second-order valence-electron chi connectivity index (χ2n) is 6.49. The highest BCUT2D eigenvalue weighted by Crippen LogP contribution is 2.24. The fraction of sp³-hybridized carbons (Fsp3) is 0.579. The van der Waals surface area contributed by atoms with Crippen LogP contribution in [0.3, 0.4) is 0 Å². The molecule has 1 aliphatic heterocycles. The third kappa shape index (κ3) is 3.75. The van der Waals surface area contributed by atoms with E-state index in [0.29, 0.717) is 12.1 Å². The summed E-state index contributed by atoms with van der Waals surface area (Å²) in [7, 11) is 0. The first kappa shape index (κ1) is 14.8. The Morgan fingerprint density at radius 2 is 2.05 bits per heavy atom. The maximum absolute atomic E-state index is 3.78. The number of hydrogen-bond donors (Lipinski definition) is 1. The molecule has 1 saturated heterocycles. The highest BCUT2D eigenvalue weighted by molar-refractivity contribution is 5.16. The summed E-state index contributed by atoms with van der Waals surface area (Å²) < 4.78 is 0. The lowest BCUT2D eigenvalue weighted by Crippen LogP contribution is -2.59. The molecule has 2 heteroatoms. The van der Waals surface area contributed by atoms with Gasteiger partial charge in [0, 0.05) is 31.2 Å². The lowest BCUT2D eigenvalue weighted by Gasteiger charge is -2.45. The number of nitrogens with one attached hydrogen (secondary N) is 1. The van der Waals surface area contributed by atoms with Gasteiger partial charge in [-0.2, -0.15) is 0 Å². The van der Waals surface area contributed by atoms with E-state index in [4.69, 9.17) is 0 Å². The van der Waals surface area contributed by atoms with Crippen molar-refractivity contribution in [3.63, 3.8) is 0 Å². The summed E-state index contributed by atoms with van der Waals surface area (Å²) in [6, 6.07) is 13.0. The van der Waals surface area contributed by atoms with Crippen LogP contribution < -0.4 is 5.32 Å². The minimum absolute atomic E-state index is 0.598. The molecule has 3 unspecified atom stereocenters. The topological polar surface area (TPSA) is 15.3 Å². The first-order chi connectivity index (χ1) is 10.4. The number of piperazine rings is 1. The van der Waals surface area contributed by atoms with Gasteiger partial charge in [-0.25, -0.2) is 0 Å². The van der Waals surface area contributed by atoms with Crippen LogP contribution in [0.15, 0.2) is 42.5 Å². The molecule has 21 heavy (non-hydrogen) atoms. The van der Waals surface area contributed by atoms with Gasteiger partial charge in [0.15, 0.2) is 0 Å². The van der Waals surface area contributed by atoms with E-state index in [0.717, 1.165) is 19.0 Å². The van der Waals surface area contributed by atoms with E-state index in [9.17, 15) is 0 Å². The van der Waals surface area contributed by atoms with Gasteiger partial charge in [-0.3, -0.25) is 4.90 Å². The fourth-order valence-electron chi connectivity index (χ4n) is 3.83. The van der Waals surface area contributed by atoms with Crippen LogP contribution in [0, 0.1) is 0 Å². The molecule has 1 aliphatic carbocycles. The number of hydrogen-bond acceptors (Lipinski definition) is 2. The molecule has 0 bridgehead atoms. The predicted octanol–water partition coefficient (Wildman–Crippen LogP) is 3.39. The smallest absolute Gasteiger partial charge is 0.0236 e. The normalized spacial score (nSPS) is 30.4. The Morgan fingerprint density at radius 1 is 1.19 bits per heavy atom. The molecule has 0 radical (unpaired) electrons. The van der Waals surface area contributed by atoms with Gasteiger partial charge in [0.05, 0.1) is 0 Å². The quantitative estimate of drug-likeness (QED) is 0.853. The standard InChI is InChI=1S/C19H28N2/c1-2-18-14-20-17(13-16-9-5-3-6-10-16)15-21(18)19-11-7-4-8-12-19/h3-7,9-10,17-20H,2,8,11-15H2,1H3. The van der Waals surface area contributed by atoms with Crippen molar-refractivity contribution in [2.75, 3.05) is 13.1 Å². The van der Waals surface area contributed by atoms with Gasteiger partial charge >= 0.3 is 0 Å². The van der Waals surface area contributed by atoms with Crippen LogP contribution in [-0.4, -0.2) is 36.1 Å². The summed E-state index contributed by atoms with van der Waals surface area (Å²) >= 11 is 0. The predicted molar refractivity (Wildman–Crippen MR) is 89.5 cm³/mol. The van der Waals surface area contributed by atoms with Crippen LogP contribution in [0.4, 0.5) is 0 Å². The Labute approximate surface area is 129 Å². The van der Waals surface area contributed by atoms with E-state index in [2.05, 4.69) is 59.6 Å². The zero-order valence-corrected chi connectivity index (χ0v) is 13.2. The first-order valence-electron chi connectivity index (χ1n) is 8.55. The Hall–Kier alpha value is -1.12. The summed E-state index contributed by atoms with van der Waals surface area (Å²) in [5.74, 6) is 0. The number of allylic oxidation sites excluding steroid dienone is 1. The minimum atomic E-state index is 0.598. The zero-order chi connectivity index (χ0) is 14.5. The van der Waals surface area contributed by atoms with Crippen LogP contribution in [0.2, 0.25) is 0 Å². The van der Waals surface area contributed by atoms with Crippen molar-refractivity contribution in [2.45, 2.75) is 57.2 Å². The third-order valence-corrected chi connectivity index (χ3v) is 5.05. The fourth-order valence-corrected chi connectivity index (χ4v) is 3.83. The zero-order valence-electron chi connectivity index (χ0n) is 13.2. The monoisotopic (exact) mass is 284 g/mol. The molecule has 1 fully saturated rings. The van der Waals surface area contributed by atoms with Crippen LogP contribution >= 0.6 is 0 Å². The van der Waals surface area contributed by atoms with Crippen molar-refractivity contribution in [1.82, 2.24) is 10.2 Å². The molecule has 1 heterocycles.